The quantitative estimate of drug-likeness (QED) is 0.496. The number of benzene rings is 2. The number of imide groups is 1. The van der Waals surface area contributed by atoms with Crippen LogP contribution in [0.4, 0.5) is 5.69 Å². The zero-order chi connectivity index (χ0) is 24.1. The van der Waals surface area contributed by atoms with Crippen molar-refractivity contribution in [2.45, 2.75) is 52.5 Å². The number of rotatable bonds is 6. The number of carbonyl (C=O) groups excluding carboxylic acids is 3. The molecule has 1 N–H and O–H groups in total. The number of fused-ring (bicyclic) bond motifs is 3. The molecule has 2 bridgehead atoms. The highest BCUT2D eigenvalue weighted by Crippen LogP contribution is 2.52. The Morgan fingerprint density at radius 3 is 2.32 bits per heavy atom. The molecule has 0 radical (unpaired) electrons. The van der Waals surface area contributed by atoms with Crippen molar-refractivity contribution < 1.29 is 14.4 Å². The molecule has 6 heteroatoms. The Morgan fingerprint density at radius 1 is 0.971 bits per heavy atom. The fraction of sp³-hybridized carbons (Fsp3) is 0.464. The molecule has 3 amide bonds. The maximum absolute atomic E-state index is 13.6. The molecule has 1 saturated carbocycles. The summed E-state index contributed by atoms with van der Waals surface area (Å²) < 4.78 is 0. The van der Waals surface area contributed by atoms with Crippen LogP contribution in [0.15, 0.2) is 48.5 Å². The first kappa shape index (κ1) is 22.6. The van der Waals surface area contributed by atoms with Gasteiger partial charge in [0, 0.05) is 31.4 Å². The molecular weight excluding hydrogens is 426 g/mol. The Balaban J connectivity index is 1.22. The first-order valence-corrected chi connectivity index (χ1v) is 12.3. The SMILES string of the molecule is CC1(C)C[C@H]2C[C@](C)(CN2C(=O)c2ccccc2NCCCN2C(=O)c3ccccc3C2=O)C1. The zero-order valence-electron chi connectivity index (χ0n) is 20.3. The van der Waals surface area contributed by atoms with Gasteiger partial charge in [-0.1, -0.05) is 45.0 Å². The highest BCUT2D eigenvalue weighted by molar-refractivity contribution is 6.21. The van der Waals surface area contributed by atoms with Gasteiger partial charge >= 0.3 is 0 Å². The third-order valence-electron chi connectivity index (χ3n) is 7.59. The molecule has 0 aromatic heterocycles. The molecule has 3 aliphatic rings. The van der Waals surface area contributed by atoms with Crippen LogP contribution < -0.4 is 5.32 Å². The molecule has 1 aliphatic carbocycles. The summed E-state index contributed by atoms with van der Waals surface area (Å²) >= 11 is 0. The van der Waals surface area contributed by atoms with Gasteiger partial charge < -0.3 is 10.2 Å². The molecule has 6 nitrogen and oxygen atoms in total. The van der Waals surface area contributed by atoms with Crippen LogP contribution in [0, 0.1) is 10.8 Å². The van der Waals surface area contributed by atoms with Crippen LogP contribution in [-0.4, -0.2) is 53.2 Å². The van der Waals surface area contributed by atoms with Crippen molar-refractivity contribution in [1.29, 1.82) is 0 Å². The molecule has 178 valence electrons. The largest absolute Gasteiger partial charge is 0.384 e. The van der Waals surface area contributed by atoms with E-state index >= 15 is 0 Å². The Morgan fingerprint density at radius 2 is 1.62 bits per heavy atom. The van der Waals surface area contributed by atoms with Gasteiger partial charge in [0.25, 0.3) is 17.7 Å². The van der Waals surface area contributed by atoms with Gasteiger partial charge in [-0.3, -0.25) is 19.3 Å². The fourth-order valence-corrected chi connectivity index (χ4v) is 6.58. The van der Waals surface area contributed by atoms with Gasteiger partial charge in [0.05, 0.1) is 16.7 Å². The van der Waals surface area contributed by atoms with Crippen molar-refractivity contribution in [2.24, 2.45) is 10.8 Å². The highest BCUT2D eigenvalue weighted by atomic mass is 16.2. The van der Waals surface area contributed by atoms with Gasteiger partial charge in [-0.15, -0.1) is 0 Å². The highest BCUT2D eigenvalue weighted by Gasteiger charge is 2.51. The van der Waals surface area contributed by atoms with Gasteiger partial charge in [-0.2, -0.15) is 0 Å². The average molecular weight is 460 g/mol. The topological polar surface area (TPSA) is 69.7 Å². The molecule has 0 unspecified atom stereocenters. The van der Waals surface area contributed by atoms with E-state index in [0.717, 1.165) is 31.5 Å². The molecule has 1 saturated heterocycles. The summed E-state index contributed by atoms with van der Waals surface area (Å²) in [4.78, 5) is 42.1. The second kappa shape index (κ2) is 8.26. The standard InChI is InChI=1S/C28H33N3O3/c1-27(2)15-19-16-28(3,17-27)18-31(19)26(34)22-11-6-7-12-23(22)29-13-8-14-30-24(32)20-9-4-5-10-21(20)25(30)33/h4-7,9-12,19,29H,8,13-18H2,1-3H3/t19-,28-/m0/s1. The number of para-hydroxylation sites is 1. The van der Waals surface area contributed by atoms with Crippen LogP contribution in [0.5, 0.6) is 0 Å². The molecule has 2 aliphatic heterocycles. The number of amides is 3. The van der Waals surface area contributed by atoms with Crippen molar-refractivity contribution >= 4 is 23.4 Å². The minimum atomic E-state index is -0.229. The van der Waals surface area contributed by atoms with E-state index in [0.29, 0.717) is 42.2 Å². The molecule has 2 aromatic carbocycles. The normalized spacial score (nSPS) is 25.0. The van der Waals surface area contributed by atoms with Crippen molar-refractivity contribution in [3.63, 3.8) is 0 Å². The predicted octanol–water partition coefficient (Wildman–Crippen LogP) is 4.83. The third kappa shape index (κ3) is 3.99. The first-order valence-electron chi connectivity index (χ1n) is 12.3. The summed E-state index contributed by atoms with van der Waals surface area (Å²) in [5, 5.41) is 3.38. The second-order valence-electron chi connectivity index (χ2n) is 11.3. The average Bonchev–Trinajstić information content (AvgIpc) is 3.19. The first-order chi connectivity index (χ1) is 16.2. The van der Waals surface area contributed by atoms with E-state index in [1.165, 1.54) is 4.90 Å². The summed E-state index contributed by atoms with van der Waals surface area (Å²) in [5.74, 6) is -0.365. The monoisotopic (exact) mass is 459 g/mol. The van der Waals surface area contributed by atoms with Gasteiger partial charge in [0.1, 0.15) is 0 Å². The zero-order valence-corrected chi connectivity index (χ0v) is 20.3. The Hall–Kier alpha value is -3.15. The van der Waals surface area contributed by atoms with Crippen LogP contribution in [0.1, 0.15) is 77.5 Å². The Labute approximate surface area is 201 Å². The molecule has 34 heavy (non-hydrogen) atoms. The van der Waals surface area contributed by atoms with Gasteiger partial charge in [-0.05, 0) is 60.8 Å². The minimum absolute atomic E-state index is 0.0925. The fourth-order valence-electron chi connectivity index (χ4n) is 6.58. The van der Waals surface area contributed by atoms with E-state index < -0.39 is 0 Å². The number of hydrogen-bond acceptors (Lipinski definition) is 4. The van der Waals surface area contributed by atoms with Crippen molar-refractivity contribution in [1.82, 2.24) is 9.80 Å². The number of hydrogen-bond donors (Lipinski definition) is 1. The minimum Gasteiger partial charge on any atom is -0.384 e. The summed E-state index contributed by atoms with van der Waals surface area (Å²) in [5.41, 5.74) is 2.90. The summed E-state index contributed by atoms with van der Waals surface area (Å²) in [6, 6.07) is 14.9. The van der Waals surface area contributed by atoms with Crippen LogP contribution in [0.25, 0.3) is 0 Å². The number of carbonyl (C=O) groups is 3. The van der Waals surface area contributed by atoms with E-state index in [9.17, 15) is 14.4 Å². The molecule has 2 heterocycles. The second-order valence-corrected chi connectivity index (χ2v) is 11.3. The molecular formula is C28H33N3O3. The van der Waals surface area contributed by atoms with Crippen LogP contribution in [0.2, 0.25) is 0 Å². The van der Waals surface area contributed by atoms with Crippen LogP contribution >= 0.6 is 0 Å². The van der Waals surface area contributed by atoms with E-state index in [4.69, 9.17) is 0 Å². The van der Waals surface area contributed by atoms with Crippen LogP contribution in [-0.2, 0) is 0 Å². The maximum Gasteiger partial charge on any atom is 0.261 e. The molecule has 0 spiro atoms. The third-order valence-corrected chi connectivity index (χ3v) is 7.59. The van der Waals surface area contributed by atoms with Crippen molar-refractivity contribution in [3.8, 4) is 0 Å². The van der Waals surface area contributed by atoms with Gasteiger partial charge in [0.15, 0.2) is 0 Å². The Kier molecular flexibility index (Phi) is 5.50. The number of nitrogens with zero attached hydrogens (tertiary/aromatic N) is 2. The Bertz CT molecular complexity index is 1120. The number of nitrogens with one attached hydrogen (secondary N) is 1. The lowest BCUT2D eigenvalue weighted by Crippen LogP contribution is -2.38. The smallest absolute Gasteiger partial charge is 0.261 e. The summed E-state index contributed by atoms with van der Waals surface area (Å²) in [7, 11) is 0. The predicted molar refractivity (Wildman–Crippen MR) is 132 cm³/mol. The van der Waals surface area contributed by atoms with E-state index in [2.05, 4.69) is 31.0 Å². The van der Waals surface area contributed by atoms with Crippen molar-refractivity contribution in [2.75, 3.05) is 25.0 Å². The lowest BCUT2D eigenvalue weighted by Gasteiger charge is -2.39. The molecule has 2 fully saturated rings. The summed E-state index contributed by atoms with van der Waals surface area (Å²) in [6.07, 6.45) is 3.88. The van der Waals surface area contributed by atoms with Crippen LogP contribution in [0.3, 0.4) is 0 Å². The van der Waals surface area contributed by atoms with E-state index in [1.54, 1.807) is 24.3 Å². The summed E-state index contributed by atoms with van der Waals surface area (Å²) in [6.45, 7) is 8.67. The molecule has 2 aromatic rings. The van der Waals surface area contributed by atoms with E-state index in [1.807, 2.05) is 24.3 Å². The lowest BCUT2D eigenvalue weighted by molar-refractivity contribution is 0.0652. The number of anilines is 1. The molecule has 5 rings (SSSR count). The lowest BCUT2D eigenvalue weighted by atomic mass is 9.65. The van der Waals surface area contributed by atoms with E-state index in [-0.39, 0.29) is 28.6 Å². The van der Waals surface area contributed by atoms with Crippen molar-refractivity contribution in [3.05, 3.63) is 65.2 Å². The maximum atomic E-state index is 13.6. The molecule has 2 atom stereocenters. The van der Waals surface area contributed by atoms with Gasteiger partial charge in [0.2, 0.25) is 0 Å². The van der Waals surface area contributed by atoms with Gasteiger partial charge in [-0.25, -0.2) is 0 Å². The number of likely N-dealkylation sites (tertiary alicyclic amines) is 1.